The summed E-state index contributed by atoms with van der Waals surface area (Å²) in [6.45, 7) is 4.28. The lowest BCUT2D eigenvalue weighted by molar-refractivity contribution is 0.236. The first-order valence-corrected chi connectivity index (χ1v) is 8.49. The second kappa shape index (κ2) is 6.75. The molecule has 0 amide bonds. The Kier molecular flexibility index (Phi) is 4.76. The zero-order valence-electron chi connectivity index (χ0n) is 12.4. The molecule has 3 rings (SSSR count). The molecule has 0 saturated carbocycles. The maximum absolute atomic E-state index is 5.45. The van der Waals surface area contributed by atoms with Crippen LogP contribution in [-0.2, 0) is 13.0 Å². The van der Waals surface area contributed by atoms with Crippen LogP contribution in [0.2, 0.25) is 0 Å². The van der Waals surface area contributed by atoms with E-state index >= 15 is 0 Å². The van der Waals surface area contributed by atoms with Gasteiger partial charge in [-0.25, -0.2) is 0 Å². The van der Waals surface area contributed by atoms with Crippen molar-refractivity contribution in [2.45, 2.75) is 45.2 Å². The fraction of sp³-hybridized carbons (Fsp3) is 0.471. The summed E-state index contributed by atoms with van der Waals surface area (Å²) in [4.78, 5) is 2.51. The van der Waals surface area contributed by atoms with E-state index in [1.165, 1.54) is 18.4 Å². The molecular weight excluding hydrogens is 328 g/mol. The van der Waals surface area contributed by atoms with Crippen molar-refractivity contribution in [2.75, 3.05) is 6.54 Å². The van der Waals surface area contributed by atoms with Crippen molar-refractivity contribution in [3.05, 3.63) is 51.8 Å². The van der Waals surface area contributed by atoms with Crippen LogP contribution in [-0.4, -0.2) is 16.6 Å². The fourth-order valence-corrected chi connectivity index (χ4v) is 3.29. The lowest BCUT2D eigenvalue weighted by atomic mass is 10.1. The number of nitrogens with zero attached hydrogens (tertiary/aromatic N) is 2. The smallest absolute Gasteiger partial charge is 0.137 e. The molecule has 1 atom stereocenters. The summed E-state index contributed by atoms with van der Waals surface area (Å²) < 4.78 is 6.58. The number of halogens is 1. The maximum atomic E-state index is 5.45. The van der Waals surface area contributed by atoms with E-state index in [4.69, 9.17) is 4.52 Å². The topological polar surface area (TPSA) is 29.3 Å². The minimum Gasteiger partial charge on any atom is -0.361 e. The molecule has 112 valence electrons. The van der Waals surface area contributed by atoms with Crippen molar-refractivity contribution in [1.29, 1.82) is 0 Å². The van der Waals surface area contributed by atoms with E-state index in [-0.39, 0.29) is 0 Å². The van der Waals surface area contributed by atoms with E-state index in [2.05, 4.69) is 63.2 Å². The summed E-state index contributed by atoms with van der Waals surface area (Å²) in [5.41, 5.74) is 2.45. The minimum absolute atomic E-state index is 0.406. The quantitative estimate of drug-likeness (QED) is 0.782. The molecule has 0 aliphatic carbocycles. The molecule has 1 fully saturated rings. The van der Waals surface area contributed by atoms with Crippen LogP contribution in [0.4, 0.5) is 0 Å². The Labute approximate surface area is 134 Å². The third kappa shape index (κ3) is 3.55. The predicted molar refractivity (Wildman–Crippen MR) is 87.0 cm³/mol. The van der Waals surface area contributed by atoms with E-state index < -0.39 is 0 Å². The number of likely N-dealkylation sites (tertiary alicyclic amines) is 1. The van der Waals surface area contributed by atoms with E-state index in [1.807, 2.05) is 0 Å². The SMILES string of the molecule is CCCc1cc([C@H]2CCCN2Cc2ccc(Br)cc2)no1. The predicted octanol–water partition coefficient (Wildman–Crippen LogP) is 4.73. The van der Waals surface area contributed by atoms with Crippen molar-refractivity contribution in [3.8, 4) is 0 Å². The van der Waals surface area contributed by atoms with Gasteiger partial charge in [-0.3, -0.25) is 4.90 Å². The van der Waals surface area contributed by atoms with E-state index in [0.717, 1.165) is 41.9 Å². The molecule has 3 nitrogen and oxygen atoms in total. The van der Waals surface area contributed by atoms with Crippen LogP contribution in [0.15, 0.2) is 39.3 Å². The lowest BCUT2D eigenvalue weighted by Crippen LogP contribution is -2.22. The first kappa shape index (κ1) is 14.8. The zero-order valence-corrected chi connectivity index (χ0v) is 14.0. The van der Waals surface area contributed by atoms with Gasteiger partial charge in [0.2, 0.25) is 0 Å². The highest BCUT2D eigenvalue weighted by molar-refractivity contribution is 9.10. The average Bonchev–Trinajstić information content (AvgIpc) is 3.11. The Hall–Kier alpha value is -1.13. The Morgan fingerprint density at radius 2 is 2.14 bits per heavy atom. The second-order valence-corrected chi connectivity index (χ2v) is 6.64. The summed E-state index contributed by atoms with van der Waals surface area (Å²) in [5, 5.41) is 4.30. The van der Waals surface area contributed by atoms with E-state index in [9.17, 15) is 0 Å². The van der Waals surface area contributed by atoms with Gasteiger partial charge in [0.05, 0.1) is 6.04 Å². The highest BCUT2D eigenvalue weighted by Gasteiger charge is 2.28. The molecule has 0 N–H and O–H groups in total. The van der Waals surface area contributed by atoms with Gasteiger partial charge in [0.15, 0.2) is 0 Å². The highest BCUT2D eigenvalue weighted by Crippen LogP contribution is 2.33. The molecule has 0 unspecified atom stereocenters. The number of hydrogen-bond donors (Lipinski definition) is 0. The van der Waals surface area contributed by atoms with Crippen molar-refractivity contribution >= 4 is 15.9 Å². The van der Waals surface area contributed by atoms with Gasteiger partial charge in [-0.2, -0.15) is 0 Å². The van der Waals surface area contributed by atoms with E-state index in [0.29, 0.717) is 6.04 Å². The monoisotopic (exact) mass is 348 g/mol. The highest BCUT2D eigenvalue weighted by atomic mass is 79.9. The summed E-state index contributed by atoms with van der Waals surface area (Å²) in [7, 11) is 0. The van der Waals surface area contributed by atoms with Crippen LogP contribution < -0.4 is 0 Å². The molecule has 0 bridgehead atoms. The van der Waals surface area contributed by atoms with Crippen LogP contribution in [0, 0.1) is 0 Å². The largest absolute Gasteiger partial charge is 0.361 e. The first-order chi connectivity index (χ1) is 10.3. The number of rotatable bonds is 5. The molecule has 1 aromatic carbocycles. The van der Waals surface area contributed by atoms with Gasteiger partial charge in [0, 0.05) is 23.5 Å². The molecule has 1 aliphatic rings. The normalized spacial score (nSPS) is 19.2. The number of benzene rings is 1. The van der Waals surface area contributed by atoms with Crippen molar-refractivity contribution < 1.29 is 4.52 Å². The molecule has 0 spiro atoms. The summed E-state index contributed by atoms with van der Waals surface area (Å²) in [6, 6.07) is 11.1. The number of aryl methyl sites for hydroxylation is 1. The second-order valence-electron chi connectivity index (χ2n) is 5.72. The van der Waals surface area contributed by atoms with Gasteiger partial charge >= 0.3 is 0 Å². The van der Waals surface area contributed by atoms with Crippen LogP contribution in [0.3, 0.4) is 0 Å². The van der Waals surface area contributed by atoms with Crippen molar-refractivity contribution in [2.24, 2.45) is 0 Å². The Balaban J connectivity index is 1.70. The van der Waals surface area contributed by atoms with Crippen molar-refractivity contribution in [3.63, 3.8) is 0 Å². The summed E-state index contributed by atoms with van der Waals surface area (Å²) in [6.07, 6.45) is 4.49. The zero-order chi connectivity index (χ0) is 14.7. The third-order valence-electron chi connectivity index (χ3n) is 4.08. The molecule has 1 aliphatic heterocycles. The van der Waals surface area contributed by atoms with Gasteiger partial charge in [-0.1, -0.05) is 40.1 Å². The van der Waals surface area contributed by atoms with Gasteiger partial charge in [-0.05, 0) is 43.5 Å². The molecule has 4 heteroatoms. The molecule has 0 radical (unpaired) electrons. The molecular formula is C17H21BrN2O. The van der Waals surface area contributed by atoms with Crippen LogP contribution in [0.5, 0.6) is 0 Å². The first-order valence-electron chi connectivity index (χ1n) is 7.70. The van der Waals surface area contributed by atoms with Gasteiger partial charge in [0.1, 0.15) is 11.5 Å². The molecule has 1 saturated heterocycles. The van der Waals surface area contributed by atoms with Gasteiger partial charge in [0.25, 0.3) is 0 Å². The average molecular weight is 349 g/mol. The lowest BCUT2D eigenvalue weighted by Gasteiger charge is -2.22. The maximum Gasteiger partial charge on any atom is 0.137 e. The summed E-state index contributed by atoms with van der Waals surface area (Å²) in [5.74, 6) is 1.02. The molecule has 2 aromatic rings. The van der Waals surface area contributed by atoms with Crippen LogP contribution >= 0.6 is 15.9 Å². The minimum atomic E-state index is 0.406. The third-order valence-corrected chi connectivity index (χ3v) is 4.61. The van der Waals surface area contributed by atoms with Crippen molar-refractivity contribution in [1.82, 2.24) is 10.1 Å². The molecule has 2 heterocycles. The number of hydrogen-bond acceptors (Lipinski definition) is 3. The van der Waals surface area contributed by atoms with Crippen LogP contribution in [0.1, 0.15) is 49.2 Å². The standard InChI is InChI=1S/C17H21BrN2O/c1-2-4-15-11-16(19-21-15)17-5-3-10-20(17)12-13-6-8-14(18)9-7-13/h6-9,11,17H,2-5,10,12H2,1H3/t17-/m1/s1. The number of aromatic nitrogens is 1. The Morgan fingerprint density at radius 1 is 1.33 bits per heavy atom. The van der Waals surface area contributed by atoms with Crippen LogP contribution in [0.25, 0.3) is 0 Å². The van der Waals surface area contributed by atoms with Gasteiger partial charge in [-0.15, -0.1) is 0 Å². The fourth-order valence-electron chi connectivity index (χ4n) is 3.02. The molecule has 1 aromatic heterocycles. The van der Waals surface area contributed by atoms with Gasteiger partial charge < -0.3 is 4.52 Å². The Morgan fingerprint density at radius 3 is 2.90 bits per heavy atom. The van der Waals surface area contributed by atoms with E-state index in [1.54, 1.807) is 0 Å². The summed E-state index contributed by atoms with van der Waals surface area (Å²) >= 11 is 3.49. The Bertz CT molecular complexity index is 579. The molecule has 21 heavy (non-hydrogen) atoms.